The van der Waals surface area contributed by atoms with E-state index in [-0.39, 0.29) is 53.8 Å². The van der Waals surface area contributed by atoms with E-state index in [4.69, 9.17) is 18.9 Å². The van der Waals surface area contributed by atoms with Gasteiger partial charge in [-0.15, -0.1) is 0 Å². The summed E-state index contributed by atoms with van der Waals surface area (Å²) in [5.74, 6) is -2.42. The molecule has 1 aromatic carbocycles. The summed E-state index contributed by atoms with van der Waals surface area (Å²) >= 11 is 0. The van der Waals surface area contributed by atoms with Crippen LogP contribution in [0, 0.1) is 17.0 Å². The molecule has 1 spiro atoms. The van der Waals surface area contributed by atoms with Crippen LogP contribution in [-0.4, -0.2) is 62.7 Å². The standard InChI is InChI=1S/C32H38F5N3O4Si/c1-45(2,3)12-11-42-20-40-16-22(31(6-4-7-31)32(35,36)37)27-25(5-9-38-29(27)40)44-28-23(33)13-21(14-24(28)34)15-26-39-17-30(19-43-26)8-10-41-18-30/h5,9,13-14,16H,4,6-8,10-12,15,17-20H2,1-3H3. The Morgan fingerprint density at radius 2 is 1.82 bits per heavy atom. The number of aliphatic imine (C=N–C) groups is 1. The molecule has 244 valence electrons. The Balaban J connectivity index is 1.30. The van der Waals surface area contributed by atoms with Crippen molar-refractivity contribution in [3.8, 4) is 11.5 Å². The van der Waals surface area contributed by atoms with Crippen molar-refractivity contribution in [2.75, 3.05) is 33.0 Å². The van der Waals surface area contributed by atoms with Gasteiger partial charge in [0.05, 0.1) is 30.6 Å². The van der Waals surface area contributed by atoms with Crippen LogP contribution in [-0.2, 0) is 32.8 Å². The molecular weight excluding hydrogens is 613 g/mol. The van der Waals surface area contributed by atoms with Crippen LogP contribution in [0.25, 0.3) is 11.0 Å². The van der Waals surface area contributed by atoms with Gasteiger partial charge in [-0.05, 0) is 54.6 Å². The molecule has 0 bridgehead atoms. The normalized spacial score (nSPS) is 21.6. The monoisotopic (exact) mass is 651 g/mol. The van der Waals surface area contributed by atoms with E-state index in [1.54, 1.807) is 0 Å². The molecule has 1 atom stereocenters. The lowest BCUT2D eigenvalue weighted by Gasteiger charge is -2.43. The number of halogens is 5. The SMILES string of the molecule is C[Si](C)(C)CCOCn1cc(C2(C(F)(F)F)CCC2)c2c(Oc3c(F)cc(CC4=NCC5(CCOC5)CO4)cc3F)ccnc21. The summed E-state index contributed by atoms with van der Waals surface area (Å²) < 4.78 is 99.0. The fourth-order valence-corrected chi connectivity index (χ4v) is 6.94. The van der Waals surface area contributed by atoms with E-state index in [1.807, 2.05) is 0 Å². The van der Waals surface area contributed by atoms with Crippen LogP contribution in [0.3, 0.4) is 0 Å². The van der Waals surface area contributed by atoms with Gasteiger partial charge >= 0.3 is 6.18 Å². The summed E-state index contributed by atoms with van der Waals surface area (Å²) in [4.78, 5) is 8.84. The third-order valence-corrected chi connectivity index (χ3v) is 10.9. The minimum atomic E-state index is -4.54. The molecule has 3 aliphatic rings. The quantitative estimate of drug-likeness (QED) is 0.127. The summed E-state index contributed by atoms with van der Waals surface area (Å²) in [7, 11) is -1.39. The van der Waals surface area contributed by atoms with E-state index < -0.39 is 37.0 Å². The van der Waals surface area contributed by atoms with Crippen LogP contribution in [0.4, 0.5) is 22.0 Å². The lowest BCUT2D eigenvalue weighted by molar-refractivity contribution is -0.212. The Labute approximate surface area is 259 Å². The average molecular weight is 652 g/mol. The first-order valence-corrected chi connectivity index (χ1v) is 19.0. The van der Waals surface area contributed by atoms with Crippen molar-refractivity contribution in [2.24, 2.45) is 10.4 Å². The van der Waals surface area contributed by atoms with Gasteiger partial charge in [0.15, 0.2) is 23.3 Å². The number of alkyl halides is 3. The zero-order chi connectivity index (χ0) is 32.0. The summed E-state index contributed by atoms with van der Waals surface area (Å²) in [6.07, 6.45) is -0.631. The largest absolute Gasteiger partial charge is 0.480 e. The second kappa shape index (κ2) is 12.0. The van der Waals surface area contributed by atoms with E-state index >= 15 is 8.78 Å². The van der Waals surface area contributed by atoms with Gasteiger partial charge in [0.1, 0.15) is 18.1 Å². The van der Waals surface area contributed by atoms with E-state index in [9.17, 15) is 13.2 Å². The zero-order valence-electron chi connectivity index (χ0n) is 25.7. The van der Waals surface area contributed by atoms with Crippen molar-refractivity contribution in [3.63, 3.8) is 0 Å². The fourth-order valence-electron chi connectivity index (χ4n) is 6.18. The first-order valence-electron chi connectivity index (χ1n) is 15.3. The van der Waals surface area contributed by atoms with Crippen molar-refractivity contribution in [2.45, 2.75) is 76.1 Å². The smallest absolute Gasteiger partial charge is 0.398 e. The van der Waals surface area contributed by atoms with Gasteiger partial charge in [-0.1, -0.05) is 26.1 Å². The van der Waals surface area contributed by atoms with Gasteiger partial charge in [0.25, 0.3) is 0 Å². The molecule has 0 N–H and O–H groups in total. The molecule has 6 rings (SSSR count). The highest BCUT2D eigenvalue weighted by Crippen LogP contribution is 2.57. The fraction of sp³-hybridized carbons (Fsp3) is 0.562. The van der Waals surface area contributed by atoms with Gasteiger partial charge < -0.3 is 23.5 Å². The predicted octanol–water partition coefficient (Wildman–Crippen LogP) is 7.78. The third-order valence-electron chi connectivity index (χ3n) is 9.16. The molecule has 0 amide bonds. The van der Waals surface area contributed by atoms with Gasteiger partial charge in [0, 0.05) is 45.5 Å². The number of aromatic nitrogens is 2. The van der Waals surface area contributed by atoms with Crippen LogP contribution in [0.5, 0.6) is 11.5 Å². The number of fused-ring (bicyclic) bond motifs is 1. The van der Waals surface area contributed by atoms with Crippen molar-refractivity contribution in [3.05, 3.63) is 53.4 Å². The van der Waals surface area contributed by atoms with E-state index in [2.05, 4.69) is 29.6 Å². The van der Waals surface area contributed by atoms with Crippen molar-refractivity contribution in [1.29, 1.82) is 0 Å². The molecule has 45 heavy (non-hydrogen) atoms. The Kier molecular flexibility index (Phi) is 8.49. The third kappa shape index (κ3) is 6.35. The summed E-state index contributed by atoms with van der Waals surface area (Å²) in [6, 6.07) is 4.49. The number of hydrogen-bond acceptors (Lipinski definition) is 6. The lowest BCUT2D eigenvalue weighted by Crippen LogP contribution is -2.47. The van der Waals surface area contributed by atoms with Gasteiger partial charge in [0.2, 0.25) is 0 Å². The van der Waals surface area contributed by atoms with Crippen molar-refractivity contribution in [1.82, 2.24) is 9.55 Å². The highest BCUT2D eigenvalue weighted by Gasteiger charge is 2.60. The molecule has 7 nitrogen and oxygen atoms in total. The molecule has 1 saturated carbocycles. The van der Waals surface area contributed by atoms with E-state index in [1.165, 1.54) is 23.0 Å². The average Bonchev–Trinajstić information content (AvgIpc) is 3.54. The number of nitrogens with zero attached hydrogens (tertiary/aromatic N) is 3. The number of hydrogen-bond donors (Lipinski definition) is 0. The number of rotatable bonds is 10. The van der Waals surface area contributed by atoms with Gasteiger partial charge in [-0.2, -0.15) is 13.2 Å². The van der Waals surface area contributed by atoms with E-state index in [0.717, 1.165) is 24.6 Å². The van der Waals surface area contributed by atoms with Crippen LogP contribution in [0.15, 0.2) is 35.6 Å². The van der Waals surface area contributed by atoms with Gasteiger partial charge in [-0.3, -0.25) is 4.99 Å². The van der Waals surface area contributed by atoms with Crippen LogP contribution in [0.2, 0.25) is 25.7 Å². The topological polar surface area (TPSA) is 67.1 Å². The first kappa shape index (κ1) is 31.9. The van der Waals surface area contributed by atoms with Crippen LogP contribution < -0.4 is 4.74 Å². The minimum absolute atomic E-state index is 0.0110. The molecular formula is C32H38F5N3O4Si. The van der Waals surface area contributed by atoms with Crippen LogP contribution >= 0.6 is 0 Å². The Bertz CT molecular complexity index is 1570. The molecule has 13 heteroatoms. The Hall–Kier alpha value is -3.03. The van der Waals surface area contributed by atoms with Crippen LogP contribution in [0.1, 0.15) is 36.8 Å². The van der Waals surface area contributed by atoms with Crippen molar-refractivity contribution >= 4 is 25.0 Å². The number of pyridine rings is 1. The molecule has 2 fully saturated rings. The van der Waals surface area contributed by atoms with E-state index in [0.29, 0.717) is 50.9 Å². The highest BCUT2D eigenvalue weighted by atomic mass is 28.3. The molecule has 1 aliphatic carbocycles. The number of benzene rings is 1. The van der Waals surface area contributed by atoms with Gasteiger partial charge in [-0.25, -0.2) is 13.8 Å². The van der Waals surface area contributed by atoms with Crippen molar-refractivity contribution < 1.29 is 40.9 Å². The summed E-state index contributed by atoms with van der Waals surface area (Å²) in [6.45, 7) is 9.25. The number of ether oxygens (including phenoxy) is 4. The molecule has 2 aromatic heterocycles. The zero-order valence-corrected chi connectivity index (χ0v) is 26.7. The summed E-state index contributed by atoms with van der Waals surface area (Å²) in [5.41, 5.74) is -1.79. The molecule has 1 saturated heterocycles. The maximum Gasteiger partial charge on any atom is 0.398 e. The molecule has 2 aliphatic heterocycles. The molecule has 1 unspecified atom stereocenters. The predicted molar refractivity (Wildman–Crippen MR) is 162 cm³/mol. The highest BCUT2D eigenvalue weighted by molar-refractivity contribution is 6.76. The second-order valence-corrected chi connectivity index (χ2v) is 19.4. The molecule has 3 aromatic rings. The summed E-state index contributed by atoms with van der Waals surface area (Å²) in [5, 5.41) is 0.0704. The maximum absolute atomic E-state index is 15.4. The maximum atomic E-state index is 15.4. The second-order valence-electron chi connectivity index (χ2n) is 13.8. The molecule has 0 radical (unpaired) electrons. The minimum Gasteiger partial charge on any atom is -0.480 e. The first-order chi connectivity index (χ1) is 21.3. The lowest BCUT2D eigenvalue weighted by atomic mass is 9.64. The Morgan fingerprint density at radius 1 is 1.07 bits per heavy atom. The molecule has 4 heterocycles. The Morgan fingerprint density at radius 3 is 2.40 bits per heavy atom.